The summed E-state index contributed by atoms with van der Waals surface area (Å²) < 4.78 is 5.12. The largest absolute Gasteiger partial charge is 0.465 e. The van der Waals surface area contributed by atoms with Crippen molar-refractivity contribution < 1.29 is 19.1 Å². The normalized spacial score (nSPS) is 21.3. The molecule has 0 bridgehead atoms. The van der Waals surface area contributed by atoms with Crippen LogP contribution in [-0.4, -0.2) is 24.1 Å². The molecule has 2 rings (SSSR count). The number of esters is 1. The highest BCUT2D eigenvalue weighted by Crippen LogP contribution is 2.38. The predicted octanol–water partition coefficient (Wildman–Crippen LogP) is 3.51. The molecular weight excluding hydrogens is 292 g/mol. The van der Waals surface area contributed by atoms with Gasteiger partial charge in [-0.15, -0.1) is 0 Å². The van der Waals surface area contributed by atoms with E-state index in [0.29, 0.717) is 18.4 Å². The lowest BCUT2D eigenvalue weighted by molar-refractivity contribution is -0.162. The Morgan fingerprint density at radius 1 is 1.22 bits per heavy atom. The molecule has 1 aromatic carbocycles. The van der Waals surface area contributed by atoms with E-state index < -0.39 is 11.4 Å². The van der Waals surface area contributed by atoms with E-state index in [2.05, 4.69) is 0 Å². The lowest BCUT2D eigenvalue weighted by Crippen LogP contribution is -2.42. The second-order valence-electron chi connectivity index (χ2n) is 5.77. The van der Waals surface area contributed by atoms with Crippen molar-refractivity contribution in [2.75, 3.05) is 6.61 Å². The summed E-state index contributed by atoms with van der Waals surface area (Å²) in [5, 5.41) is 0. The van der Waals surface area contributed by atoms with E-state index >= 15 is 0 Å². The fourth-order valence-electron chi connectivity index (χ4n) is 2.94. The van der Waals surface area contributed by atoms with Gasteiger partial charge in [0.1, 0.15) is 11.2 Å². The van der Waals surface area contributed by atoms with Crippen molar-refractivity contribution in [3.05, 3.63) is 48.0 Å². The Hall–Kier alpha value is -2.23. The zero-order valence-corrected chi connectivity index (χ0v) is 13.4. The fourth-order valence-corrected chi connectivity index (χ4v) is 2.94. The van der Waals surface area contributed by atoms with Gasteiger partial charge in [0.15, 0.2) is 5.78 Å². The first kappa shape index (κ1) is 17.1. The molecule has 1 aromatic rings. The molecule has 1 fully saturated rings. The van der Waals surface area contributed by atoms with Crippen molar-refractivity contribution in [1.29, 1.82) is 0 Å². The van der Waals surface area contributed by atoms with E-state index in [-0.39, 0.29) is 24.6 Å². The minimum absolute atomic E-state index is 0.0704. The molecule has 1 atom stereocenters. The third kappa shape index (κ3) is 3.95. The Kier molecular flexibility index (Phi) is 5.85. The van der Waals surface area contributed by atoms with Crippen LogP contribution in [0.25, 0.3) is 0 Å². The average molecular weight is 314 g/mol. The van der Waals surface area contributed by atoms with Crippen LogP contribution in [0.4, 0.5) is 0 Å². The molecule has 1 aliphatic carbocycles. The molecule has 0 spiro atoms. The molecule has 1 saturated carbocycles. The molecular formula is C19H22O4. The van der Waals surface area contributed by atoms with Crippen LogP contribution in [0, 0.1) is 5.41 Å². The number of benzene rings is 1. The Balaban J connectivity index is 2.12. The molecule has 0 amide bonds. The second kappa shape index (κ2) is 7.86. The number of rotatable bonds is 6. The highest BCUT2D eigenvalue weighted by Gasteiger charge is 2.46. The lowest BCUT2D eigenvalue weighted by Gasteiger charge is -2.32. The van der Waals surface area contributed by atoms with Gasteiger partial charge in [-0.1, -0.05) is 42.8 Å². The summed E-state index contributed by atoms with van der Waals surface area (Å²) in [5.41, 5.74) is -0.522. The average Bonchev–Trinajstić information content (AvgIpc) is 2.57. The highest BCUT2D eigenvalue weighted by atomic mass is 16.5. The van der Waals surface area contributed by atoms with E-state index in [1.54, 1.807) is 37.3 Å². The van der Waals surface area contributed by atoms with E-state index in [1.807, 2.05) is 6.07 Å². The zero-order chi connectivity index (χ0) is 16.7. The quantitative estimate of drug-likeness (QED) is 0.349. The molecule has 122 valence electrons. The summed E-state index contributed by atoms with van der Waals surface area (Å²) in [7, 11) is 0. The smallest absolute Gasteiger partial charge is 0.319 e. The van der Waals surface area contributed by atoms with Gasteiger partial charge in [0.05, 0.1) is 6.61 Å². The van der Waals surface area contributed by atoms with Gasteiger partial charge >= 0.3 is 5.97 Å². The van der Waals surface area contributed by atoms with Crippen molar-refractivity contribution in [2.24, 2.45) is 5.41 Å². The van der Waals surface area contributed by atoms with Crippen LogP contribution in [0.3, 0.4) is 0 Å². The lowest BCUT2D eigenvalue weighted by atomic mass is 9.70. The third-order valence-electron chi connectivity index (χ3n) is 4.25. The van der Waals surface area contributed by atoms with Crippen molar-refractivity contribution in [3.63, 3.8) is 0 Å². The molecule has 0 unspecified atom stereocenters. The second-order valence-corrected chi connectivity index (χ2v) is 5.77. The summed E-state index contributed by atoms with van der Waals surface area (Å²) in [6, 6.07) is 8.91. The van der Waals surface area contributed by atoms with Gasteiger partial charge in [0.25, 0.3) is 0 Å². The van der Waals surface area contributed by atoms with Crippen LogP contribution >= 0.6 is 0 Å². The van der Waals surface area contributed by atoms with E-state index in [9.17, 15) is 14.4 Å². The van der Waals surface area contributed by atoms with E-state index in [0.717, 1.165) is 12.8 Å². The topological polar surface area (TPSA) is 60.4 Å². The number of ketones is 2. The standard InChI is InChI=1S/C19H22O4/c1-2-23-18(22)19(13-7-6-12-17(19)21)14-8-11-16(20)15-9-4-3-5-10-15/h3-5,8-11H,2,6-7,12-14H2,1H3/b11-8+/t19-/m0/s1. The van der Waals surface area contributed by atoms with Gasteiger partial charge in [0.2, 0.25) is 0 Å². The molecule has 0 aliphatic heterocycles. The predicted molar refractivity (Wildman–Crippen MR) is 87.1 cm³/mol. The van der Waals surface area contributed by atoms with Crippen LogP contribution in [-0.2, 0) is 14.3 Å². The summed E-state index contributed by atoms with van der Waals surface area (Å²) >= 11 is 0. The van der Waals surface area contributed by atoms with Crippen LogP contribution in [0.2, 0.25) is 0 Å². The molecule has 0 saturated heterocycles. The summed E-state index contributed by atoms with van der Waals surface area (Å²) in [6.07, 6.45) is 5.84. The van der Waals surface area contributed by atoms with Crippen LogP contribution < -0.4 is 0 Å². The maximum Gasteiger partial charge on any atom is 0.319 e. The number of allylic oxidation sites excluding steroid dienone is 2. The first-order valence-electron chi connectivity index (χ1n) is 8.06. The molecule has 23 heavy (non-hydrogen) atoms. The Morgan fingerprint density at radius 2 is 1.96 bits per heavy atom. The van der Waals surface area contributed by atoms with Gasteiger partial charge < -0.3 is 4.74 Å². The summed E-state index contributed by atoms with van der Waals surface area (Å²) in [5.74, 6) is -0.659. The highest BCUT2D eigenvalue weighted by molar-refractivity contribution is 6.06. The summed E-state index contributed by atoms with van der Waals surface area (Å²) in [4.78, 5) is 36.8. The number of hydrogen-bond acceptors (Lipinski definition) is 4. The van der Waals surface area contributed by atoms with Crippen LogP contribution in [0.15, 0.2) is 42.5 Å². The van der Waals surface area contributed by atoms with E-state index in [1.165, 1.54) is 6.08 Å². The molecule has 0 radical (unpaired) electrons. The Bertz CT molecular complexity index is 603. The van der Waals surface area contributed by atoms with E-state index in [4.69, 9.17) is 4.74 Å². The number of Topliss-reactive ketones (excluding diaryl/α,β-unsaturated/α-hetero) is 1. The summed E-state index contributed by atoms with van der Waals surface area (Å²) in [6.45, 7) is 1.98. The zero-order valence-electron chi connectivity index (χ0n) is 13.4. The van der Waals surface area contributed by atoms with Crippen molar-refractivity contribution >= 4 is 17.5 Å². The van der Waals surface area contributed by atoms with Crippen LogP contribution in [0.1, 0.15) is 49.4 Å². The number of hydrogen-bond donors (Lipinski definition) is 0. The first-order chi connectivity index (χ1) is 11.1. The molecule has 0 aromatic heterocycles. The Morgan fingerprint density at radius 3 is 2.61 bits per heavy atom. The van der Waals surface area contributed by atoms with Gasteiger partial charge in [-0.25, -0.2) is 0 Å². The number of ether oxygens (including phenoxy) is 1. The molecule has 4 heteroatoms. The number of carbonyl (C=O) groups is 3. The first-order valence-corrected chi connectivity index (χ1v) is 8.06. The van der Waals surface area contributed by atoms with Gasteiger partial charge in [-0.2, -0.15) is 0 Å². The van der Waals surface area contributed by atoms with Gasteiger partial charge in [-0.05, 0) is 32.3 Å². The van der Waals surface area contributed by atoms with Gasteiger partial charge in [-0.3, -0.25) is 14.4 Å². The fraction of sp³-hybridized carbons (Fsp3) is 0.421. The third-order valence-corrected chi connectivity index (χ3v) is 4.25. The molecule has 0 heterocycles. The minimum atomic E-state index is -1.11. The van der Waals surface area contributed by atoms with Crippen molar-refractivity contribution in [3.8, 4) is 0 Å². The maximum absolute atomic E-state index is 12.4. The molecule has 1 aliphatic rings. The maximum atomic E-state index is 12.4. The monoisotopic (exact) mass is 314 g/mol. The van der Waals surface area contributed by atoms with Crippen molar-refractivity contribution in [2.45, 2.75) is 39.0 Å². The Labute approximate surface area is 136 Å². The van der Waals surface area contributed by atoms with Crippen molar-refractivity contribution in [1.82, 2.24) is 0 Å². The number of carbonyl (C=O) groups excluding carboxylic acids is 3. The molecule has 4 nitrogen and oxygen atoms in total. The SMILES string of the molecule is CCOC(=O)[C@]1(C/C=C/C(=O)c2ccccc2)CCCCC1=O. The van der Waals surface area contributed by atoms with Gasteiger partial charge in [0, 0.05) is 12.0 Å². The molecule has 0 N–H and O–H groups in total. The van der Waals surface area contributed by atoms with Crippen LogP contribution in [0.5, 0.6) is 0 Å². The minimum Gasteiger partial charge on any atom is -0.465 e.